The van der Waals surface area contributed by atoms with Crippen LogP contribution in [-0.2, 0) is 22.4 Å². The number of ether oxygens (including phenoxy) is 1. The Morgan fingerprint density at radius 1 is 1.15 bits per heavy atom. The summed E-state index contributed by atoms with van der Waals surface area (Å²) in [4.78, 5) is 38.8. The van der Waals surface area contributed by atoms with Crippen molar-refractivity contribution < 1.29 is 19.1 Å². The molecular formula is C20H22N2O4. The van der Waals surface area contributed by atoms with E-state index in [9.17, 15) is 14.4 Å². The van der Waals surface area contributed by atoms with Gasteiger partial charge in [0.2, 0.25) is 0 Å². The lowest BCUT2D eigenvalue weighted by Gasteiger charge is -2.08. The Hall–Kier alpha value is -2.89. The van der Waals surface area contributed by atoms with Crippen LogP contribution in [0.5, 0.6) is 0 Å². The average molecular weight is 354 g/mol. The number of nitrogens with one attached hydrogen (secondary N) is 2. The monoisotopic (exact) mass is 354 g/mol. The Kier molecular flexibility index (Phi) is 4.93. The first-order valence-electron chi connectivity index (χ1n) is 8.65. The van der Waals surface area contributed by atoms with Crippen LogP contribution in [0.15, 0.2) is 18.2 Å². The molecule has 6 nitrogen and oxygen atoms in total. The summed E-state index contributed by atoms with van der Waals surface area (Å²) in [7, 11) is 0. The Bertz CT molecular complexity index is 895. The number of carbonyl (C=O) groups is 3. The van der Waals surface area contributed by atoms with Crippen molar-refractivity contribution in [2.75, 3.05) is 11.9 Å². The molecule has 0 atom stereocenters. The van der Waals surface area contributed by atoms with Crippen molar-refractivity contribution in [1.29, 1.82) is 0 Å². The van der Waals surface area contributed by atoms with Crippen molar-refractivity contribution >= 4 is 23.3 Å². The minimum absolute atomic E-state index is 0.121. The maximum absolute atomic E-state index is 12.2. The van der Waals surface area contributed by atoms with Crippen LogP contribution in [0.4, 0.5) is 5.69 Å². The molecule has 1 heterocycles. The third-order valence-electron chi connectivity index (χ3n) is 4.71. The molecule has 0 aliphatic heterocycles. The number of fused-ring (bicyclic) bond motifs is 1. The zero-order valence-corrected chi connectivity index (χ0v) is 15.2. The Balaban J connectivity index is 1.60. The van der Waals surface area contributed by atoms with Crippen LogP contribution < -0.4 is 5.32 Å². The minimum atomic E-state index is -0.651. The predicted molar refractivity (Wildman–Crippen MR) is 97.7 cm³/mol. The van der Waals surface area contributed by atoms with E-state index in [0.717, 1.165) is 19.3 Å². The predicted octanol–water partition coefficient (Wildman–Crippen LogP) is 3.12. The number of esters is 1. The molecule has 2 aromatic rings. The third-order valence-corrected chi connectivity index (χ3v) is 4.71. The molecule has 1 aliphatic carbocycles. The van der Waals surface area contributed by atoms with Crippen LogP contribution in [-0.4, -0.2) is 29.3 Å². The first-order chi connectivity index (χ1) is 12.4. The molecule has 1 aliphatic rings. The number of carbonyl (C=O) groups excluding carboxylic acids is 3. The molecule has 136 valence electrons. The highest BCUT2D eigenvalue weighted by Crippen LogP contribution is 2.25. The van der Waals surface area contributed by atoms with Gasteiger partial charge in [0.25, 0.3) is 5.91 Å². The van der Waals surface area contributed by atoms with Crippen LogP contribution in [0.25, 0.3) is 0 Å². The molecule has 6 heteroatoms. The van der Waals surface area contributed by atoms with Gasteiger partial charge in [0.15, 0.2) is 12.4 Å². The van der Waals surface area contributed by atoms with Crippen molar-refractivity contribution in [2.45, 2.75) is 40.0 Å². The van der Waals surface area contributed by atoms with E-state index in [1.807, 2.05) is 18.2 Å². The summed E-state index contributed by atoms with van der Waals surface area (Å²) < 4.78 is 5.09. The normalized spacial score (nSPS) is 12.6. The number of aromatic nitrogens is 1. The van der Waals surface area contributed by atoms with Crippen LogP contribution in [0, 0.1) is 13.8 Å². The molecule has 0 spiro atoms. The second-order valence-corrected chi connectivity index (χ2v) is 6.64. The van der Waals surface area contributed by atoms with Crippen LogP contribution in [0.3, 0.4) is 0 Å². The fraction of sp³-hybridized carbons (Fsp3) is 0.350. The summed E-state index contributed by atoms with van der Waals surface area (Å²) in [5.74, 6) is -1.17. The van der Waals surface area contributed by atoms with Crippen molar-refractivity contribution in [3.8, 4) is 0 Å². The van der Waals surface area contributed by atoms with Gasteiger partial charge in [-0.3, -0.25) is 9.59 Å². The quantitative estimate of drug-likeness (QED) is 0.638. The Morgan fingerprint density at radius 3 is 2.58 bits per heavy atom. The van der Waals surface area contributed by atoms with Gasteiger partial charge in [0.05, 0.1) is 0 Å². The van der Waals surface area contributed by atoms with E-state index in [-0.39, 0.29) is 18.1 Å². The van der Waals surface area contributed by atoms with Gasteiger partial charge in [0, 0.05) is 16.9 Å². The number of amides is 1. The number of ketones is 1. The van der Waals surface area contributed by atoms with Crippen LogP contribution in [0.2, 0.25) is 0 Å². The molecule has 0 saturated carbocycles. The van der Waals surface area contributed by atoms with E-state index in [1.165, 1.54) is 18.1 Å². The molecule has 0 unspecified atom stereocenters. The van der Waals surface area contributed by atoms with Crippen molar-refractivity contribution in [2.24, 2.45) is 0 Å². The Labute approximate surface area is 151 Å². The van der Waals surface area contributed by atoms with Gasteiger partial charge >= 0.3 is 5.97 Å². The summed E-state index contributed by atoms with van der Waals surface area (Å²) in [5, 5.41) is 2.75. The zero-order valence-electron chi connectivity index (χ0n) is 15.2. The SMILES string of the molecule is CC(=O)c1c(C)[nH]c(C(=O)OCC(=O)Nc2ccc3c(c2)CCC3)c1C. The maximum Gasteiger partial charge on any atom is 0.355 e. The number of hydrogen-bond acceptors (Lipinski definition) is 4. The number of aryl methyl sites for hydroxylation is 3. The van der Waals surface area contributed by atoms with Gasteiger partial charge in [-0.05, 0) is 68.9 Å². The zero-order chi connectivity index (χ0) is 18.8. The van der Waals surface area contributed by atoms with Crippen LogP contribution >= 0.6 is 0 Å². The fourth-order valence-corrected chi connectivity index (χ4v) is 3.53. The highest BCUT2D eigenvalue weighted by molar-refractivity contribution is 6.01. The first-order valence-corrected chi connectivity index (χ1v) is 8.65. The molecule has 26 heavy (non-hydrogen) atoms. The fourth-order valence-electron chi connectivity index (χ4n) is 3.53. The Morgan fingerprint density at radius 2 is 1.88 bits per heavy atom. The molecule has 1 aromatic heterocycles. The lowest BCUT2D eigenvalue weighted by molar-refractivity contribution is -0.119. The lowest BCUT2D eigenvalue weighted by Crippen LogP contribution is -2.21. The molecular weight excluding hydrogens is 332 g/mol. The van der Waals surface area contributed by atoms with Gasteiger partial charge in [-0.15, -0.1) is 0 Å². The van der Waals surface area contributed by atoms with E-state index >= 15 is 0 Å². The first kappa shape index (κ1) is 17.9. The second-order valence-electron chi connectivity index (χ2n) is 6.64. The van der Waals surface area contributed by atoms with Crippen molar-refractivity contribution in [3.05, 3.63) is 51.8 Å². The third kappa shape index (κ3) is 3.54. The number of hydrogen-bond donors (Lipinski definition) is 2. The van der Waals surface area contributed by atoms with E-state index in [4.69, 9.17) is 4.74 Å². The van der Waals surface area contributed by atoms with E-state index in [1.54, 1.807) is 13.8 Å². The highest BCUT2D eigenvalue weighted by Gasteiger charge is 2.21. The standard InChI is InChI=1S/C20H22N2O4/c1-11-18(13(3)23)12(2)21-19(11)20(25)26-10-17(24)22-16-8-7-14-5-4-6-15(14)9-16/h7-9,21H,4-6,10H2,1-3H3,(H,22,24). The van der Waals surface area contributed by atoms with E-state index < -0.39 is 11.9 Å². The van der Waals surface area contributed by atoms with Crippen LogP contribution in [0.1, 0.15) is 56.6 Å². The van der Waals surface area contributed by atoms with Gasteiger partial charge in [-0.2, -0.15) is 0 Å². The minimum Gasteiger partial charge on any atom is -0.451 e. The van der Waals surface area contributed by atoms with Gasteiger partial charge in [-0.25, -0.2) is 4.79 Å². The summed E-state index contributed by atoms with van der Waals surface area (Å²) in [6.45, 7) is 4.47. The highest BCUT2D eigenvalue weighted by atomic mass is 16.5. The number of H-pyrrole nitrogens is 1. The molecule has 1 amide bonds. The summed E-state index contributed by atoms with van der Waals surface area (Å²) >= 11 is 0. The average Bonchev–Trinajstić information content (AvgIpc) is 3.16. The largest absolute Gasteiger partial charge is 0.451 e. The second kappa shape index (κ2) is 7.15. The lowest BCUT2D eigenvalue weighted by atomic mass is 10.1. The van der Waals surface area contributed by atoms with E-state index in [2.05, 4.69) is 10.3 Å². The summed E-state index contributed by atoms with van der Waals surface area (Å²) in [6.07, 6.45) is 3.25. The van der Waals surface area contributed by atoms with Gasteiger partial charge in [0.1, 0.15) is 5.69 Å². The molecule has 0 bridgehead atoms. The summed E-state index contributed by atoms with van der Waals surface area (Å²) in [5.41, 5.74) is 5.14. The topological polar surface area (TPSA) is 88.3 Å². The smallest absolute Gasteiger partial charge is 0.355 e. The molecule has 0 fully saturated rings. The van der Waals surface area contributed by atoms with Gasteiger partial charge < -0.3 is 15.0 Å². The van der Waals surface area contributed by atoms with Gasteiger partial charge in [-0.1, -0.05) is 6.07 Å². The molecule has 0 saturated heterocycles. The molecule has 0 radical (unpaired) electrons. The van der Waals surface area contributed by atoms with Crippen molar-refractivity contribution in [1.82, 2.24) is 4.98 Å². The molecule has 3 rings (SSSR count). The number of Topliss-reactive ketones (excluding diaryl/α,β-unsaturated/α-hetero) is 1. The van der Waals surface area contributed by atoms with E-state index in [0.29, 0.717) is 22.5 Å². The number of benzene rings is 1. The van der Waals surface area contributed by atoms with Crippen molar-refractivity contribution in [3.63, 3.8) is 0 Å². The summed E-state index contributed by atoms with van der Waals surface area (Å²) in [6, 6.07) is 5.86. The maximum atomic E-state index is 12.2. The molecule has 2 N–H and O–H groups in total. The number of rotatable bonds is 5. The number of anilines is 1. The number of aromatic amines is 1. The molecule has 1 aromatic carbocycles.